The molecule has 0 spiro atoms. The molecule has 0 atom stereocenters. The molecule has 2 aromatic heterocycles. The number of amides is 1. The van der Waals surface area contributed by atoms with Gasteiger partial charge >= 0.3 is 0 Å². The molecule has 0 aliphatic rings. The fraction of sp³-hybridized carbons (Fsp3) is 0.0952. The predicted octanol–water partition coefficient (Wildman–Crippen LogP) is 4.54. The highest BCUT2D eigenvalue weighted by Crippen LogP contribution is 2.28. The number of fused-ring (bicyclic) bond motifs is 1. The number of hydrogen-bond donors (Lipinski definition) is 1. The zero-order chi connectivity index (χ0) is 19.8. The highest BCUT2D eigenvalue weighted by atomic mass is 19.1. The number of carbonyl (C=O) groups is 1. The van der Waals surface area contributed by atoms with E-state index in [9.17, 15) is 13.6 Å². The summed E-state index contributed by atoms with van der Waals surface area (Å²) in [6, 6.07) is 12.0. The van der Waals surface area contributed by atoms with E-state index in [0.29, 0.717) is 17.0 Å². The van der Waals surface area contributed by atoms with E-state index >= 15 is 0 Å². The standard InChI is InChI=1S/C21H16F2N4O/c1-12-19(14-7-9-15(22)10-8-14)20-24-11-16(13(2)27(20)26-12)21(28)25-18-6-4-3-5-17(18)23/h3-11H,1-2H3,(H,25,28). The fourth-order valence-electron chi connectivity index (χ4n) is 3.13. The first-order chi connectivity index (χ1) is 13.5. The van der Waals surface area contributed by atoms with Crippen molar-refractivity contribution >= 4 is 17.2 Å². The molecule has 2 heterocycles. The second kappa shape index (κ2) is 6.84. The van der Waals surface area contributed by atoms with Gasteiger partial charge in [-0.25, -0.2) is 18.3 Å². The van der Waals surface area contributed by atoms with Crippen LogP contribution in [0.25, 0.3) is 16.8 Å². The molecule has 5 nitrogen and oxygen atoms in total. The number of benzene rings is 2. The van der Waals surface area contributed by atoms with E-state index in [4.69, 9.17) is 0 Å². The topological polar surface area (TPSA) is 59.3 Å². The van der Waals surface area contributed by atoms with Gasteiger partial charge in [0.25, 0.3) is 5.91 Å². The summed E-state index contributed by atoms with van der Waals surface area (Å²) < 4.78 is 28.6. The van der Waals surface area contributed by atoms with Crippen LogP contribution in [0.2, 0.25) is 0 Å². The van der Waals surface area contributed by atoms with Crippen LogP contribution in [-0.4, -0.2) is 20.5 Å². The molecule has 0 unspecified atom stereocenters. The molecule has 7 heteroatoms. The number of carbonyl (C=O) groups excluding carboxylic acids is 1. The van der Waals surface area contributed by atoms with Gasteiger partial charge in [-0.2, -0.15) is 5.10 Å². The number of rotatable bonds is 3. The van der Waals surface area contributed by atoms with E-state index in [1.165, 1.54) is 30.5 Å². The van der Waals surface area contributed by atoms with Crippen molar-refractivity contribution in [1.29, 1.82) is 0 Å². The smallest absolute Gasteiger partial charge is 0.259 e. The Morgan fingerprint density at radius 2 is 1.75 bits per heavy atom. The van der Waals surface area contributed by atoms with E-state index in [0.717, 1.165) is 11.1 Å². The van der Waals surface area contributed by atoms with Crippen LogP contribution in [0.1, 0.15) is 21.7 Å². The van der Waals surface area contributed by atoms with E-state index in [1.54, 1.807) is 35.7 Å². The lowest BCUT2D eigenvalue weighted by Crippen LogP contribution is -2.16. The number of halogens is 2. The molecule has 0 aliphatic carbocycles. The number of aryl methyl sites for hydroxylation is 2. The number of anilines is 1. The number of hydrogen-bond acceptors (Lipinski definition) is 3. The molecule has 1 N–H and O–H groups in total. The maximum absolute atomic E-state index is 13.8. The molecular formula is C21H16F2N4O. The lowest BCUT2D eigenvalue weighted by Gasteiger charge is -2.09. The van der Waals surface area contributed by atoms with Crippen LogP contribution in [0.4, 0.5) is 14.5 Å². The van der Waals surface area contributed by atoms with Crippen molar-refractivity contribution in [3.05, 3.63) is 83.3 Å². The third kappa shape index (κ3) is 3.00. The molecule has 0 bridgehead atoms. The molecule has 0 radical (unpaired) electrons. The molecule has 4 rings (SSSR count). The average Bonchev–Trinajstić information content (AvgIpc) is 3.01. The Kier molecular flexibility index (Phi) is 4.35. The Hall–Kier alpha value is -3.61. The maximum atomic E-state index is 13.8. The van der Waals surface area contributed by atoms with Crippen LogP contribution in [0, 0.1) is 25.5 Å². The van der Waals surface area contributed by atoms with Crippen LogP contribution in [0.5, 0.6) is 0 Å². The van der Waals surface area contributed by atoms with E-state index in [-0.39, 0.29) is 17.1 Å². The van der Waals surface area contributed by atoms with Gasteiger partial charge in [-0.3, -0.25) is 4.79 Å². The highest BCUT2D eigenvalue weighted by molar-refractivity contribution is 6.05. The first-order valence-electron chi connectivity index (χ1n) is 8.62. The quantitative estimate of drug-likeness (QED) is 0.569. The second-order valence-corrected chi connectivity index (χ2v) is 6.39. The van der Waals surface area contributed by atoms with Crippen molar-refractivity contribution in [2.24, 2.45) is 0 Å². The van der Waals surface area contributed by atoms with Gasteiger partial charge in [-0.15, -0.1) is 0 Å². The monoisotopic (exact) mass is 378 g/mol. The normalized spacial score (nSPS) is 11.0. The minimum absolute atomic E-state index is 0.0932. The van der Waals surface area contributed by atoms with Gasteiger partial charge in [-0.05, 0) is 43.7 Å². The summed E-state index contributed by atoms with van der Waals surface area (Å²) in [5.41, 5.74) is 3.75. The van der Waals surface area contributed by atoms with Crippen LogP contribution in [0.3, 0.4) is 0 Å². The molecule has 2 aromatic carbocycles. The summed E-state index contributed by atoms with van der Waals surface area (Å²) in [7, 11) is 0. The molecule has 0 aliphatic heterocycles. The Morgan fingerprint density at radius 1 is 1.04 bits per heavy atom. The van der Waals surface area contributed by atoms with Crippen LogP contribution < -0.4 is 5.32 Å². The summed E-state index contributed by atoms with van der Waals surface area (Å²) in [5, 5.41) is 7.04. The minimum atomic E-state index is -0.518. The third-order valence-electron chi connectivity index (χ3n) is 4.56. The van der Waals surface area contributed by atoms with Crippen molar-refractivity contribution in [2.45, 2.75) is 13.8 Å². The molecule has 0 saturated heterocycles. The van der Waals surface area contributed by atoms with Crippen molar-refractivity contribution in [2.75, 3.05) is 5.32 Å². The summed E-state index contributed by atoms with van der Waals surface area (Å²) in [6.07, 6.45) is 1.44. The molecule has 28 heavy (non-hydrogen) atoms. The van der Waals surface area contributed by atoms with Gasteiger partial charge in [-0.1, -0.05) is 24.3 Å². The summed E-state index contributed by atoms with van der Waals surface area (Å²) in [6.45, 7) is 3.57. The van der Waals surface area contributed by atoms with E-state index in [2.05, 4.69) is 15.4 Å². The van der Waals surface area contributed by atoms with Crippen LogP contribution >= 0.6 is 0 Å². The lowest BCUT2D eigenvalue weighted by atomic mass is 10.1. The van der Waals surface area contributed by atoms with Gasteiger partial charge in [0.1, 0.15) is 11.6 Å². The third-order valence-corrected chi connectivity index (χ3v) is 4.56. The zero-order valence-electron chi connectivity index (χ0n) is 15.2. The maximum Gasteiger partial charge on any atom is 0.259 e. The fourth-order valence-corrected chi connectivity index (χ4v) is 3.13. The number of aromatic nitrogens is 3. The molecule has 0 fully saturated rings. The zero-order valence-corrected chi connectivity index (χ0v) is 15.2. The molecule has 0 saturated carbocycles. The number of nitrogens with zero attached hydrogens (tertiary/aromatic N) is 3. The van der Waals surface area contributed by atoms with Crippen molar-refractivity contribution in [3.8, 4) is 11.1 Å². The Labute approximate surface area is 159 Å². The van der Waals surface area contributed by atoms with E-state index in [1.807, 2.05) is 6.92 Å². The Bertz CT molecular complexity index is 1200. The van der Waals surface area contributed by atoms with Crippen LogP contribution in [-0.2, 0) is 0 Å². The first-order valence-corrected chi connectivity index (χ1v) is 8.62. The number of para-hydroxylation sites is 1. The molecule has 1 amide bonds. The minimum Gasteiger partial charge on any atom is -0.319 e. The SMILES string of the molecule is Cc1nn2c(C)c(C(=O)Nc3ccccc3F)cnc2c1-c1ccc(F)cc1. The Morgan fingerprint density at radius 3 is 2.46 bits per heavy atom. The van der Waals surface area contributed by atoms with Gasteiger partial charge in [0.15, 0.2) is 5.65 Å². The molecule has 140 valence electrons. The van der Waals surface area contributed by atoms with Crippen LogP contribution in [0.15, 0.2) is 54.7 Å². The van der Waals surface area contributed by atoms with Crippen molar-refractivity contribution < 1.29 is 13.6 Å². The molecular weight excluding hydrogens is 362 g/mol. The lowest BCUT2D eigenvalue weighted by molar-refractivity contribution is 0.102. The van der Waals surface area contributed by atoms with Gasteiger partial charge < -0.3 is 5.32 Å². The second-order valence-electron chi connectivity index (χ2n) is 6.39. The summed E-state index contributed by atoms with van der Waals surface area (Å²) in [5.74, 6) is -1.32. The van der Waals surface area contributed by atoms with Crippen molar-refractivity contribution in [3.63, 3.8) is 0 Å². The summed E-state index contributed by atoms with van der Waals surface area (Å²) in [4.78, 5) is 17.0. The van der Waals surface area contributed by atoms with Gasteiger partial charge in [0, 0.05) is 11.8 Å². The van der Waals surface area contributed by atoms with Gasteiger partial charge in [0.05, 0.1) is 22.6 Å². The van der Waals surface area contributed by atoms with Gasteiger partial charge in [0.2, 0.25) is 0 Å². The first kappa shape index (κ1) is 17.8. The number of nitrogens with one attached hydrogen (secondary N) is 1. The average molecular weight is 378 g/mol. The summed E-state index contributed by atoms with van der Waals surface area (Å²) >= 11 is 0. The van der Waals surface area contributed by atoms with E-state index < -0.39 is 11.7 Å². The largest absolute Gasteiger partial charge is 0.319 e. The molecule has 4 aromatic rings. The Balaban J connectivity index is 1.77. The van der Waals surface area contributed by atoms with Crippen molar-refractivity contribution in [1.82, 2.24) is 14.6 Å². The predicted molar refractivity (Wildman–Crippen MR) is 102 cm³/mol. The highest BCUT2D eigenvalue weighted by Gasteiger charge is 2.19.